The van der Waals surface area contributed by atoms with Gasteiger partial charge in [-0.2, -0.15) is 10.5 Å². The molecule has 1 atom stereocenters. The van der Waals surface area contributed by atoms with Crippen LogP contribution in [0.3, 0.4) is 0 Å². The van der Waals surface area contributed by atoms with Gasteiger partial charge in [0.05, 0.1) is 12.1 Å². The maximum Gasteiger partial charge on any atom is 0.0635 e. The van der Waals surface area contributed by atoms with Crippen LogP contribution in [0.4, 0.5) is 0 Å². The summed E-state index contributed by atoms with van der Waals surface area (Å²) in [6, 6.07) is 14.9. The van der Waals surface area contributed by atoms with Gasteiger partial charge in [-0.25, -0.2) is 0 Å². The van der Waals surface area contributed by atoms with Gasteiger partial charge < -0.3 is 9.64 Å². The molecular weight excluding hydrogens is 298 g/mol. The Morgan fingerprint density at radius 2 is 1.67 bits per heavy atom. The van der Waals surface area contributed by atoms with Crippen LogP contribution in [0.1, 0.15) is 50.5 Å². The molecule has 0 amide bonds. The molecule has 0 aliphatic heterocycles. The first-order chi connectivity index (χ1) is 11.8. The molecule has 0 N–H and O–H groups in total. The highest BCUT2D eigenvalue weighted by molar-refractivity contribution is 5.19. The van der Waals surface area contributed by atoms with E-state index in [1.807, 2.05) is 0 Å². The lowest BCUT2D eigenvalue weighted by atomic mass is 9.94. The maximum atomic E-state index is 8.69. The fraction of sp³-hybridized carbons (Fsp3) is 0.600. The highest BCUT2D eigenvalue weighted by Crippen LogP contribution is 2.22. The minimum absolute atomic E-state index is 0.515. The second-order valence-corrected chi connectivity index (χ2v) is 5.93. The van der Waals surface area contributed by atoms with Crippen LogP contribution in [0, 0.1) is 22.7 Å². The zero-order valence-electron chi connectivity index (χ0n) is 14.8. The van der Waals surface area contributed by atoms with Crippen molar-refractivity contribution in [2.24, 2.45) is 0 Å². The van der Waals surface area contributed by atoms with Crippen molar-refractivity contribution in [1.29, 1.82) is 10.5 Å². The third-order valence-electron chi connectivity index (χ3n) is 4.22. The van der Waals surface area contributed by atoms with Crippen LogP contribution in [0.15, 0.2) is 30.3 Å². The van der Waals surface area contributed by atoms with Gasteiger partial charge in [0.2, 0.25) is 0 Å². The molecule has 0 heterocycles. The van der Waals surface area contributed by atoms with E-state index in [1.165, 1.54) is 5.56 Å². The van der Waals surface area contributed by atoms with Gasteiger partial charge in [0.25, 0.3) is 0 Å². The third-order valence-corrected chi connectivity index (χ3v) is 4.22. The fourth-order valence-electron chi connectivity index (χ4n) is 2.80. The molecule has 0 radical (unpaired) electrons. The molecule has 0 bridgehead atoms. The van der Waals surface area contributed by atoms with Crippen molar-refractivity contribution in [3.8, 4) is 12.1 Å². The molecule has 1 rings (SSSR count). The first kappa shape index (κ1) is 20.2. The molecule has 1 aromatic rings. The normalized spacial score (nSPS) is 11.8. The predicted octanol–water partition coefficient (Wildman–Crippen LogP) is 4.11. The van der Waals surface area contributed by atoms with Gasteiger partial charge in [0.1, 0.15) is 0 Å². The van der Waals surface area contributed by atoms with E-state index in [9.17, 15) is 0 Å². The van der Waals surface area contributed by atoms with E-state index in [0.717, 1.165) is 52.1 Å². The second-order valence-electron chi connectivity index (χ2n) is 5.93. The molecule has 0 aliphatic rings. The van der Waals surface area contributed by atoms with Gasteiger partial charge in [-0.15, -0.1) is 0 Å². The molecule has 1 unspecified atom stereocenters. The number of nitriles is 2. The Bertz CT molecular complexity index is 486. The highest BCUT2D eigenvalue weighted by Gasteiger charge is 2.09. The summed E-state index contributed by atoms with van der Waals surface area (Å²) in [5, 5.41) is 17.4. The maximum absolute atomic E-state index is 8.69. The van der Waals surface area contributed by atoms with E-state index in [2.05, 4.69) is 54.3 Å². The van der Waals surface area contributed by atoms with Crippen LogP contribution >= 0.6 is 0 Å². The lowest BCUT2D eigenvalue weighted by molar-refractivity contribution is 0.114. The van der Waals surface area contributed by atoms with Gasteiger partial charge in [-0.05, 0) is 30.7 Å². The first-order valence-corrected chi connectivity index (χ1v) is 8.90. The molecule has 130 valence electrons. The molecule has 24 heavy (non-hydrogen) atoms. The molecule has 0 aliphatic carbocycles. The van der Waals surface area contributed by atoms with E-state index >= 15 is 0 Å². The summed E-state index contributed by atoms with van der Waals surface area (Å²) in [7, 11) is 0. The van der Waals surface area contributed by atoms with Gasteiger partial charge in [0, 0.05) is 45.7 Å². The number of hydrogen-bond donors (Lipinski definition) is 0. The average molecular weight is 327 g/mol. The number of ether oxygens (including phenoxy) is 1. The van der Waals surface area contributed by atoms with E-state index in [4.69, 9.17) is 15.3 Å². The smallest absolute Gasteiger partial charge is 0.0635 e. The van der Waals surface area contributed by atoms with Crippen molar-refractivity contribution in [2.75, 3.05) is 32.8 Å². The van der Waals surface area contributed by atoms with Crippen molar-refractivity contribution in [1.82, 2.24) is 4.90 Å². The summed E-state index contributed by atoms with van der Waals surface area (Å²) in [4.78, 5) is 2.18. The summed E-state index contributed by atoms with van der Waals surface area (Å²) in [5.41, 5.74) is 1.39. The lowest BCUT2D eigenvalue weighted by Gasteiger charge is -2.20. The lowest BCUT2D eigenvalue weighted by Crippen LogP contribution is -2.27. The fourth-order valence-corrected chi connectivity index (χ4v) is 2.80. The summed E-state index contributed by atoms with van der Waals surface area (Å²) in [5.74, 6) is 0.564. The summed E-state index contributed by atoms with van der Waals surface area (Å²) in [6.45, 7) is 6.11. The zero-order valence-corrected chi connectivity index (χ0v) is 14.8. The van der Waals surface area contributed by atoms with E-state index < -0.39 is 0 Å². The largest absolute Gasteiger partial charge is 0.381 e. The zero-order chi connectivity index (χ0) is 17.5. The Balaban J connectivity index is 2.17. The highest BCUT2D eigenvalue weighted by atomic mass is 16.5. The van der Waals surface area contributed by atoms with Crippen molar-refractivity contribution < 1.29 is 4.74 Å². The van der Waals surface area contributed by atoms with Crippen LogP contribution in [0.5, 0.6) is 0 Å². The van der Waals surface area contributed by atoms with E-state index in [-0.39, 0.29) is 0 Å². The Kier molecular flexibility index (Phi) is 11.4. The van der Waals surface area contributed by atoms with Crippen molar-refractivity contribution in [3.63, 3.8) is 0 Å². The Morgan fingerprint density at radius 1 is 1.00 bits per heavy atom. The van der Waals surface area contributed by atoms with Crippen molar-refractivity contribution >= 4 is 0 Å². The summed E-state index contributed by atoms with van der Waals surface area (Å²) < 4.78 is 5.79. The van der Waals surface area contributed by atoms with Gasteiger partial charge in [0.15, 0.2) is 0 Å². The topological polar surface area (TPSA) is 60.0 Å². The van der Waals surface area contributed by atoms with E-state index in [0.29, 0.717) is 18.8 Å². The number of benzene rings is 1. The number of hydrogen-bond acceptors (Lipinski definition) is 4. The average Bonchev–Trinajstić information content (AvgIpc) is 2.63. The molecule has 0 spiro atoms. The SMILES string of the molecule is CCC(CCOCCCN(CCC#N)CCC#N)c1ccccc1. The first-order valence-electron chi connectivity index (χ1n) is 8.90. The van der Waals surface area contributed by atoms with Crippen LogP contribution in [-0.4, -0.2) is 37.7 Å². The van der Waals surface area contributed by atoms with Crippen LogP contribution < -0.4 is 0 Å². The monoisotopic (exact) mass is 327 g/mol. The van der Waals surface area contributed by atoms with E-state index in [1.54, 1.807) is 0 Å². The van der Waals surface area contributed by atoms with Crippen LogP contribution in [0.25, 0.3) is 0 Å². The molecule has 0 saturated heterocycles. The molecule has 0 aromatic heterocycles. The Labute approximate surface area is 146 Å². The molecule has 4 heteroatoms. The molecule has 0 saturated carbocycles. The number of nitrogens with zero attached hydrogens (tertiary/aromatic N) is 3. The van der Waals surface area contributed by atoms with Crippen molar-refractivity contribution in [2.45, 2.75) is 44.9 Å². The molecule has 1 aromatic carbocycles. The molecule has 4 nitrogen and oxygen atoms in total. The molecular formula is C20H29N3O. The standard InChI is InChI=1S/C20H29N3O/c1-2-19(20-9-4-3-5-10-20)11-18-24-17-8-16-23(14-6-12-21)15-7-13-22/h3-5,9-10,19H,2,6-8,11,14-18H2,1H3. The second kappa shape index (κ2) is 13.5. The number of rotatable bonds is 13. The quantitative estimate of drug-likeness (QED) is 0.512. The Morgan fingerprint density at radius 3 is 2.25 bits per heavy atom. The Hall–Kier alpha value is -1.88. The predicted molar refractivity (Wildman–Crippen MR) is 96.4 cm³/mol. The van der Waals surface area contributed by atoms with Crippen molar-refractivity contribution in [3.05, 3.63) is 35.9 Å². The van der Waals surface area contributed by atoms with Gasteiger partial charge in [-0.1, -0.05) is 37.3 Å². The van der Waals surface area contributed by atoms with Gasteiger partial charge in [-0.3, -0.25) is 0 Å². The minimum atomic E-state index is 0.515. The minimum Gasteiger partial charge on any atom is -0.381 e. The summed E-state index contributed by atoms with van der Waals surface area (Å²) in [6.07, 6.45) is 4.15. The van der Waals surface area contributed by atoms with Crippen LogP contribution in [-0.2, 0) is 4.74 Å². The third kappa shape index (κ3) is 8.67. The molecule has 0 fully saturated rings. The van der Waals surface area contributed by atoms with Gasteiger partial charge >= 0.3 is 0 Å². The van der Waals surface area contributed by atoms with Crippen LogP contribution in [0.2, 0.25) is 0 Å². The summed E-state index contributed by atoms with van der Waals surface area (Å²) >= 11 is 0.